The zero-order valence-electron chi connectivity index (χ0n) is 13.6. The average Bonchev–Trinajstić information content (AvgIpc) is 2.99. The van der Waals surface area contributed by atoms with Gasteiger partial charge in [-0.05, 0) is 67.9 Å². The van der Waals surface area contributed by atoms with Crippen LogP contribution in [0, 0.1) is 17.3 Å². The molecular formula is C19H28O3. The molecule has 0 spiro atoms. The molecule has 1 heterocycles. The lowest BCUT2D eigenvalue weighted by atomic mass is 9.51. The highest BCUT2D eigenvalue weighted by Crippen LogP contribution is 2.56. The van der Waals surface area contributed by atoms with Crippen molar-refractivity contribution in [3.63, 3.8) is 0 Å². The molecule has 22 heavy (non-hydrogen) atoms. The second kappa shape index (κ2) is 5.86. The van der Waals surface area contributed by atoms with E-state index in [1.807, 2.05) is 6.07 Å². The van der Waals surface area contributed by atoms with Gasteiger partial charge in [0, 0.05) is 12.5 Å². The summed E-state index contributed by atoms with van der Waals surface area (Å²) in [7, 11) is 0. The monoisotopic (exact) mass is 304 g/mol. The SMILES string of the molecule is C=C1CC[C@@H]2[C@](C)(CO)CCC[C@@]2(O)[C@@H]1CCc1ccoc1. The summed E-state index contributed by atoms with van der Waals surface area (Å²) < 4.78 is 5.15. The van der Waals surface area contributed by atoms with E-state index in [0.29, 0.717) is 0 Å². The molecule has 0 bridgehead atoms. The van der Waals surface area contributed by atoms with Gasteiger partial charge in [-0.1, -0.05) is 19.1 Å². The normalized spacial score (nSPS) is 38.8. The molecular weight excluding hydrogens is 276 g/mol. The number of furan rings is 1. The third-order valence-electron chi connectivity index (χ3n) is 6.28. The third kappa shape index (κ3) is 2.55. The van der Waals surface area contributed by atoms with E-state index < -0.39 is 5.60 Å². The predicted molar refractivity (Wildman–Crippen MR) is 86.4 cm³/mol. The van der Waals surface area contributed by atoms with Crippen LogP contribution in [0.3, 0.4) is 0 Å². The van der Waals surface area contributed by atoms with Gasteiger partial charge in [0.25, 0.3) is 0 Å². The van der Waals surface area contributed by atoms with Crippen molar-refractivity contribution in [1.82, 2.24) is 0 Å². The molecule has 0 radical (unpaired) electrons. The maximum atomic E-state index is 11.5. The minimum absolute atomic E-state index is 0.132. The Labute approximate surface area is 133 Å². The van der Waals surface area contributed by atoms with Crippen molar-refractivity contribution in [3.05, 3.63) is 36.3 Å². The van der Waals surface area contributed by atoms with Gasteiger partial charge < -0.3 is 14.6 Å². The van der Waals surface area contributed by atoms with Crippen LogP contribution in [-0.2, 0) is 6.42 Å². The van der Waals surface area contributed by atoms with Gasteiger partial charge in [0.15, 0.2) is 0 Å². The molecule has 0 amide bonds. The Hall–Kier alpha value is -1.06. The summed E-state index contributed by atoms with van der Waals surface area (Å²) >= 11 is 0. The Morgan fingerprint density at radius 1 is 1.41 bits per heavy atom. The molecule has 0 aliphatic heterocycles. The number of aryl methyl sites for hydroxylation is 1. The lowest BCUT2D eigenvalue weighted by Gasteiger charge is -2.57. The van der Waals surface area contributed by atoms with Crippen molar-refractivity contribution in [2.45, 2.75) is 57.5 Å². The highest BCUT2D eigenvalue weighted by atomic mass is 16.3. The van der Waals surface area contributed by atoms with E-state index in [1.54, 1.807) is 12.5 Å². The molecule has 2 aliphatic carbocycles. The molecule has 3 nitrogen and oxygen atoms in total. The lowest BCUT2D eigenvalue weighted by Crippen LogP contribution is -2.58. The van der Waals surface area contributed by atoms with E-state index in [4.69, 9.17) is 4.42 Å². The van der Waals surface area contributed by atoms with Crippen LogP contribution in [0.15, 0.2) is 35.2 Å². The molecule has 1 aromatic heterocycles. The van der Waals surface area contributed by atoms with E-state index in [-0.39, 0.29) is 23.9 Å². The zero-order chi connectivity index (χ0) is 15.8. The van der Waals surface area contributed by atoms with E-state index in [9.17, 15) is 10.2 Å². The van der Waals surface area contributed by atoms with Crippen LogP contribution in [0.2, 0.25) is 0 Å². The molecule has 1 aromatic rings. The van der Waals surface area contributed by atoms with Crippen molar-refractivity contribution >= 4 is 0 Å². The predicted octanol–water partition coefficient (Wildman–Crippen LogP) is 3.71. The van der Waals surface area contributed by atoms with E-state index in [2.05, 4.69) is 13.5 Å². The Kier molecular flexibility index (Phi) is 4.21. The molecule has 122 valence electrons. The van der Waals surface area contributed by atoms with Gasteiger partial charge in [0.2, 0.25) is 0 Å². The molecule has 2 saturated carbocycles. The smallest absolute Gasteiger partial charge is 0.0934 e. The topological polar surface area (TPSA) is 53.6 Å². The number of aliphatic hydroxyl groups excluding tert-OH is 1. The minimum atomic E-state index is -0.700. The van der Waals surface area contributed by atoms with Crippen LogP contribution < -0.4 is 0 Å². The van der Waals surface area contributed by atoms with Gasteiger partial charge in [-0.3, -0.25) is 0 Å². The van der Waals surface area contributed by atoms with Crippen molar-refractivity contribution in [2.24, 2.45) is 17.3 Å². The lowest BCUT2D eigenvalue weighted by molar-refractivity contribution is -0.161. The fourth-order valence-electron chi connectivity index (χ4n) is 4.99. The highest BCUT2D eigenvalue weighted by Gasteiger charge is 2.55. The summed E-state index contributed by atoms with van der Waals surface area (Å²) in [6.45, 7) is 6.57. The fourth-order valence-corrected chi connectivity index (χ4v) is 4.99. The summed E-state index contributed by atoms with van der Waals surface area (Å²) in [6.07, 6.45) is 10.1. The van der Waals surface area contributed by atoms with Gasteiger partial charge >= 0.3 is 0 Å². The number of aliphatic hydroxyl groups is 2. The van der Waals surface area contributed by atoms with Crippen molar-refractivity contribution in [1.29, 1.82) is 0 Å². The maximum absolute atomic E-state index is 11.5. The minimum Gasteiger partial charge on any atom is -0.472 e. The standard InChI is InChI=1S/C19H28O3/c1-14-4-7-17-18(2,13-20)9-3-10-19(17,21)16(14)6-5-15-8-11-22-12-15/h8,11-12,16-17,20-21H,1,3-7,9-10,13H2,2H3/t16-,17-,18+,19-/m1/s1. The molecule has 0 saturated heterocycles. The van der Waals surface area contributed by atoms with Crippen molar-refractivity contribution < 1.29 is 14.6 Å². The second-order valence-electron chi connectivity index (χ2n) is 7.63. The van der Waals surface area contributed by atoms with Crippen LogP contribution >= 0.6 is 0 Å². The van der Waals surface area contributed by atoms with Crippen molar-refractivity contribution in [3.8, 4) is 0 Å². The first kappa shape index (κ1) is 15.8. The van der Waals surface area contributed by atoms with Crippen LogP contribution in [-0.4, -0.2) is 22.4 Å². The van der Waals surface area contributed by atoms with Crippen LogP contribution in [0.4, 0.5) is 0 Å². The van der Waals surface area contributed by atoms with Crippen molar-refractivity contribution in [2.75, 3.05) is 6.61 Å². The summed E-state index contributed by atoms with van der Waals surface area (Å²) in [6, 6.07) is 1.99. The number of rotatable bonds is 4. The maximum Gasteiger partial charge on any atom is 0.0934 e. The Morgan fingerprint density at radius 3 is 2.91 bits per heavy atom. The van der Waals surface area contributed by atoms with Crippen LogP contribution in [0.5, 0.6) is 0 Å². The van der Waals surface area contributed by atoms with E-state index in [0.717, 1.165) is 44.9 Å². The number of hydrogen-bond acceptors (Lipinski definition) is 3. The molecule has 4 atom stereocenters. The van der Waals surface area contributed by atoms with E-state index >= 15 is 0 Å². The van der Waals surface area contributed by atoms with Crippen LogP contribution in [0.1, 0.15) is 51.0 Å². The summed E-state index contributed by atoms with van der Waals surface area (Å²) in [5, 5.41) is 21.4. The Balaban J connectivity index is 1.82. The first-order chi connectivity index (χ1) is 10.5. The quantitative estimate of drug-likeness (QED) is 0.834. The fraction of sp³-hybridized carbons (Fsp3) is 0.684. The first-order valence-electron chi connectivity index (χ1n) is 8.51. The van der Waals surface area contributed by atoms with Gasteiger partial charge in [-0.15, -0.1) is 0 Å². The number of fused-ring (bicyclic) bond motifs is 1. The van der Waals surface area contributed by atoms with Gasteiger partial charge in [0.1, 0.15) is 0 Å². The molecule has 3 heteroatoms. The molecule has 0 aromatic carbocycles. The molecule has 3 rings (SSSR count). The third-order valence-corrected chi connectivity index (χ3v) is 6.28. The summed E-state index contributed by atoms with van der Waals surface area (Å²) in [4.78, 5) is 0. The largest absolute Gasteiger partial charge is 0.472 e. The zero-order valence-corrected chi connectivity index (χ0v) is 13.6. The molecule has 2 N–H and O–H groups in total. The molecule has 2 aliphatic rings. The summed E-state index contributed by atoms with van der Waals surface area (Å²) in [5.74, 6) is 0.311. The van der Waals surface area contributed by atoms with Gasteiger partial charge in [0.05, 0.1) is 18.1 Å². The first-order valence-corrected chi connectivity index (χ1v) is 8.51. The summed E-state index contributed by atoms with van der Waals surface area (Å²) in [5.41, 5.74) is 1.51. The molecule has 2 fully saturated rings. The van der Waals surface area contributed by atoms with Gasteiger partial charge in [-0.25, -0.2) is 0 Å². The second-order valence-corrected chi connectivity index (χ2v) is 7.63. The van der Waals surface area contributed by atoms with Crippen LogP contribution in [0.25, 0.3) is 0 Å². The Bertz CT molecular complexity index is 521. The highest BCUT2D eigenvalue weighted by molar-refractivity contribution is 5.19. The number of hydrogen-bond donors (Lipinski definition) is 2. The average molecular weight is 304 g/mol. The van der Waals surface area contributed by atoms with E-state index in [1.165, 1.54) is 11.1 Å². The van der Waals surface area contributed by atoms with Gasteiger partial charge in [-0.2, -0.15) is 0 Å². The Morgan fingerprint density at radius 2 is 2.23 bits per heavy atom. The molecule has 0 unspecified atom stereocenters.